The molecular weight excluding hydrogens is 296 g/mol. The van der Waals surface area contributed by atoms with Crippen LogP contribution in [0.15, 0.2) is 18.3 Å². The number of nitrogens with zero attached hydrogens (tertiary/aromatic N) is 2. The molecule has 1 amide bonds. The van der Waals surface area contributed by atoms with Crippen LogP contribution in [0.3, 0.4) is 0 Å². The van der Waals surface area contributed by atoms with Crippen molar-refractivity contribution in [3.8, 4) is 5.88 Å². The summed E-state index contributed by atoms with van der Waals surface area (Å²) in [6.45, 7) is 5.08. The van der Waals surface area contributed by atoms with Gasteiger partial charge in [-0.05, 0) is 44.6 Å². The molecule has 2 heterocycles. The van der Waals surface area contributed by atoms with Gasteiger partial charge < -0.3 is 14.7 Å². The van der Waals surface area contributed by atoms with E-state index in [4.69, 9.17) is 9.84 Å². The van der Waals surface area contributed by atoms with Crippen molar-refractivity contribution in [3.05, 3.63) is 23.9 Å². The number of aromatic nitrogens is 1. The third kappa shape index (κ3) is 3.16. The highest BCUT2D eigenvalue weighted by Gasteiger charge is 2.59. The van der Waals surface area contributed by atoms with Crippen LogP contribution in [0.4, 0.5) is 0 Å². The van der Waals surface area contributed by atoms with E-state index in [2.05, 4.69) is 4.98 Å². The van der Waals surface area contributed by atoms with Crippen LogP contribution in [0, 0.1) is 11.3 Å². The molecule has 1 spiro atoms. The highest BCUT2D eigenvalue weighted by atomic mass is 16.5. The van der Waals surface area contributed by atoms with E-state index in [1.54, 1.807) is 23.2 Å². The SMILES string of the molecule is CC(C)Oc1ccc(C(=O)N2CCC3(CC2)C[C@H]3C(=O)O)cn1. The summed E-state index contributed by atoms with van der Waals surface area (Å²) in [6.07, 6.45) is 3.90. The molecule has 124 valence electrons. The van der Waals surface area contributed by atoms with Crippen molar-refractivity contribution >= 4 is 11.9 Å². The summed E-state index contributed by atoms with van der Waals surface area (Å²) in [5, 5.41) is 9.11. The molecule has 0 radical (unpaired) electrons. The summed E-state index contributed by atoms with van der Waals surface area (Å²) in [7, 11) is 0. The molecule has 1 saturated carbocycles. The summed E-state index contributed by atoms with van der Waals surface area (Å²) < 4.78 is 5.47. The summed E-state index contributed by atoms with van der Waals surface area (Å²) in [6, 6.07) is 3.44. The van der Waals surface area contributed by atoms with E-state index in [1.165, 1.54) is 0 Å². The van der Waals surface area contributed by atoms with Gasteiger partial charge in [0.1, 0.15) is 0 Å². The maximum absolute atomic E-state index is 12.5. The number of rotatable bonds is 4. The molecule has 1 aromatic heterocycles. The Labute approximate surface area is 135 Å². The molecule has 1 N–H and O–H groups in total. The molecule has 1 saturated heterocycles. The lowest BCUT2D eigenvalue weighted by atomic mass is 9.90. The van der Waals surface area contributed by atoms with E-state index in [1.807, 2.05) is 13.8 Å². The molecule has 6 heteroatoms. The molecule has 2 fully saturated rings. The van der Waals surface area contributed by atoms with Crippen molar-refractivity contribution in [3.63, 3.8) is 0 Å². The Morgan fingerprint density at radius 1 is 1.35 bits per heavy atom. The lowest BCUT2D eigenvalue weighted by Crippen LogP contribution is -2.40. The van der Waals surface area contributed by atoms with Gasteiger partial charge in [-0.25, -0.2) is 4.98 Å². The number of carbonyl (C=O) groups is 2. The zero-order valence-corrected chi connectivity index (χ0v) is 13.5. The minimum Gasteiger partial charge on any atom is -0.481 e. The van der Waals surface area contributed by atoms with Gasteiger partial charge in [0.25, 0.3) is 5.91 Å². The van der Waals surface area contributed by atoms with Gasteiger partial charge in [-0.15, -0.1) is 0 Å². The fraction of sp³-hybridized carbons (Fsp3) is 0.588. The number of likely N-dealkylation sites (tertiary alicyclic amines) is 1. The Hall–Kier alpha value is -2.11. The molecule has 0 aromatic carbocycles. The maximum Gasteiger partial charge on any atom is 0.307 e. The molecule has 0 unspecified atom stereocenters. The van der Waals surface area contributed by atoms with E-state index >= 15 is 0 Å². The first-order valence-corrected chi connectivity index (χ1v) is 8.06. The highest BCUT2D eigenvalue weighted by Crippen LogP contribution is 2.59. The van der Waals surface area contributed by atoms with Crippen LogP contribution in [0.5, 0.6) is 5.88 Å². The minimum absolute atomic E-state index is 0.0445. The molecule has 1 aliphatic carbocycles. The average Bonchev–Trinajstić information content (AvgIpc) is 3.22. The minimum atomic E-state index is -0.699. The zero-order valence-electron chi connectivity index (χ0n) is 13.5. The average molecular weight is 318 g/mol. The first-order valence-electron chi connectivity index (χ1n) is 8.06. The van der Waals surface area contributed by atoms with Crippen molar-refractivity contribution in [1.29, 1.82) is 0 Å². The molecular formula is C17H22N2O4. The quantitative estimate of drug-likeness (QED) is 0.920. The van der Waals surface area contributed by atoms with Gasteiger partial charge in [-0.2, -0.15) is 0 Å². The van der Waals surface area contributed by atoms with Crippen LogP contribution in [0.2, 0.25) is 0 Å². The summed E-state index contributed by atoms with van der Waals surface area (Å²) in [5.74, 6) is -0.448. The van der Waals surface area contributed by atoms with E-state index in [0.717, 1.165) is 19.3 Å². The smallest absolute Gasteiger partial charge is 0.307 e. The number of carbonyl (C=O) groups excluding carboxylic acids is 1. The summed E-state index contributed by atoms with van der Waals surface area (Å²) in [4.78, 5) is 29.5. The number of pyridine rings is 1. The van der Waals surface area contributed by atoms with Crippen molar-refractivity contribution in [1.82, 2.24) is 9.88 Å². The van der Waals surface area contributed by atoms with Crippen molar-refractivity contribution < 1.29 is 19.4 Å². The predicted octanol–water partition coefficient (Wildman–Crippen LogP) is 2.20. The Morgan fingerprint density at radius 3 is 2.52 bits per heavy atom. The number of aliphatic carboxylic acids is 1. The van der Waals surface area contributed by atoms with Crippen molar-refractivity contribution in [2.75, 3.05) is 13.1 Å². The van der Waals surface area contributed by atoms with Crippen LogP contribution < -0.4 is 4.74 Å². The fourth-order valence-corrected chi connectivity index (χ4v) is 3.41. The van der Waals surface area contributed by atoms with Gasteiger partial charge in [0, 0.05) is 25.4 Å². The maximum atomic E-state index is 12.5. The monoisotopic (exact) mass is 318 g/mol. The largest absolute Gasteiger partial charge is 0.481 e. The lowest BCUT2D eigenvalue weighted by Gasteiger charge is -2.32. The van der Waals surface area contributed by atoms with Crippen LogP contribution in [0.25, 0.3) is 0 Å². The molecule has 1 atom stereocenters. The van der Waals surface area contributed by atoms with Crippen LogP contribution in [0.1, 0.15) is 43.5 Å². The van der Waals surface area contributed by atoms with E-state index in [-0.39, 0.29) is 23.3 Å². The van der Waals surface area contributed by atoms with Crippen LogP contribution in [-0.4, -0.2) is 46.1 Å². The second-order valence-electron chi connectivity index (χ2n) is 6.80. The highest BCUT2D eigenvalue weighted by molar-refractivity contribution is 5.94. The number of piperidine rings is 1. The van der Waals surface area contributed by atoms with Gasteiger partial charge in [0.05, 0.1) is 17.6 Å². The normalized spacial score (nSPS) is 22.2. The Balaban J connectivity index is 1.58. The second kappa shape index (κ2) is 5.83. The van der Waals surface area contributed by atoms with Gasteiger partial charge in [-0.3, -0.25) is 9.59 Å². The molecule has 1 aromatic rings. The van der Waals surface area contributed by atoms with Crippen LogP contribution >= 0.6 is 0 Å². The number of amides is 1. The Kier molecular flexibility index (Phi) is 4.00. The number of carboxylic acids is 1. The Bertz CT molecular complexity index is 604. The second-order valence-corrected chi connectivity index (χ2v) is 6.80. The molecule has 2 aliphatic rings. The molecule has 0 bridgehead atoms. The lowest BCUT2D eigenvalue weighted by molar-refractivity contribution is -0.139. The topological polar surface area (TPSA) is 79.7 Å². The summed E-state index contributed by atoms with van der Waals surface area (Å²) >= 11 is 0. The van der Waals surface area contributed by atoms with Crippen molar-refractivity contribution in [2.45, 2.75) is 39.2 Å². The van der Waals surface area contributed by atoms with Crippen LogP contribution in [-0.2, 0) is 4.79 Å². The van der Waals surface area contributed by atoms with Crippen molar-refractivity contribution in [2.24, 2.45) is 11.3 Å². The number of hydrogen-bond donors (Lipinski definition) is 1. The third-order valence-corrected chi connectivity index (χ3v) is 4.87. The van der Waals surface area contributed by atoms with E-state index in [9.17, 15) is 9.59 Å². The van der Waals surface area contributed by atoms with Gasteiger partial charge >= 0.3 is 5.97 Å². The first-order chi connectivity index (χ1) is 10.9. The standard InChI is InChI=1S/C17H22N2O4/c1-11(2)23-14-4-3-12(10-18-14)15(20)19-7-5-17(6-8-19)9-13(17)16(21)22/h3-4,10-11,13H,5-9H2,1-2H3,(H,21,22)/t13-/m0/s1. The molecule has 3 rings (SSSR count). The number of carboxylic acid groups (broad SMARTS) is 1. The number of ether oxygens (including phenoxy) is 1. The number of hydrogen-bond acceptors (Lipinski definition) is 4. The van der Waals surface area contributed by atoms with E-state index in [0.29, 0.717) is 24.5 Å². The predicted molar refractivity (Wildman–Crippen MR) is 83.3 cm³/mol. The first kappa shape index (κ1) is 15.8. The molecule has 23 heavy (non-hydrogen) atoms. The Morgan fingerprint density at radius 2 is 2.04 bits per heavy atom. The fourth-order valence-electron chi connectivity index (χ4n) is 3.41. The van der Waals surface area contributed by atoms with Gasteiger partial charge in [-0.1, -0.05) is 0 Å². The van der Waals surface area contributed by atoms with Gasteiger partial charge in [0.15, 0.2) is 0 Å². The summed E-state index contributed by atoms with van der Waals surface area (Å²) in [5.41, 5.74) is 0.484. The molecule has 6 nitrogen and oxygen atoms in total. The van der Waals surface area contributed by atoms with E-state index < -0.39 is 5.97 Å². The molecule has 1 aliphatic heterocycles. The van der Waals surface area contributed by atoms with Gasteiger partial charge in [0.2, 0.25) is 5.88 Å². The zero-order chi connectivity index (χ0) is 16.6. The third-order valence-electron chi connectivity index (χ3n) is 4.87.